The molecule has 3 aromatic carbocycles. The maximum Gasteiger partial charge on any atom is 0.261 e. The van der Waals surface area contributed by atoms with Crippen LogP contribution < -0.4 is 10.0 Å². The lowest BCUT2D eigenvalue weighted by Gasteiger charge is -2.13. The molecule has 4 rings (SSSR count). The standard InChI is InChI=1S/C25H23N3O3S/c1-18(24-8-4-5-15-26-24)27-25(29)16-19-9-12-22(13-10-19)28-32(30,31)23-14-11-20-6-2-3-7-21(20)17-23/h2-15,17-18,28H,16H2,1H3,(H,27,29)/t18-/m1/s1. The van der Waals surface area contributed by atoms with Gasteiger partial charge in [0.15, 0.2) is 0 Å². The molecule has 0 aliphatic heterocycles. The Hall–Kier alpha value is -3.71. The number of hydrogen-bond donors (Lipinski definition) is 2. The fraction of sp³-hybridized carbons (Fsp3) is 0.120. The van der Waals surface area contributed by atoms with Crippen LogP contribution in [0.15, 0.2) is 96.0 Å². The molecule has 0 fully saturated rings. The second-order valence-corrected chi connectivity index (χ2v) is 9.21. The van der Waals surface area contributed by atoms with Gasteiger partial charge in [0, 0.05) is 11.9 Å². The van der Waals surface area contributed by atoms with E-state index in [-0.39, 0.29) is 23.3 Å². The second-order valence-electron chi connectivity index (χ2n) is 7.53. The van der Waals surface area contributed by atoms with Crippen LogP contribution in [-0.2, 0) is 21.2 Å². The number of pyridine rings is 1. The van der Waals surface area contributed by atoms with Gasteiger partial charge in [0.25, 0.3) is 10.0 Å². The number of aromatic nitrogens is 1. The summed E-state index contributed by atoms with van der Waals surface area (Å²) in [6.45, 7) is 1.88. The Morgan fingerprint density at radius 1 is 0.906 bits per heavy atom. The van der Waals surface area contributed by atoms with Crippen molar-refractivity contribution in [3.05, 3.63) is 102 Å². The van der Waals surface area contributed by atoms with Crippen molar-refractivity contribution in [2.75, 3.05) is 4.72 Å². The number of hydrogen-bond acceptors (Lipinski definition) is 4. The Labute approximate surface area is 187 Å². The molecule has 0 bridgehead atoms. The number of carbonyl (C=O) groups is 1. The summed E-state index contributed by atoms with van der Waals surface area (Å²) in [6.07, 6.45) is 1.88. The second kappa shape index (κ2) is 9.20. The van der Waals surface area contributed by atoms with Crippen LogP contribution in [0, 0.1) is 0 Å². The molecular weight excluding hydrogens is 422 g/mol. The van der Waals surface area contributed by atoms with Crippen LogP contribution in [0.3, 0.4) is 0 Å². The molecular formula is C25H23N3O3S. The molecule has 32 heavy (non-hydrogen) atoms. The number of anilines is 1. The third-order valence-electron chi connectivity index (χ3n) is 5.11. The van der Waals surface area contributed by atoms with Gasteiger partial charge in [-0.3, -0.25) is 14.5 Å². The summed E-state index contributed by atoms with van der Waals surface area (Å²) in [5.74, 6) is -0.132. The number of amides is 1. The summed E-state index contributed by atoms with van der Waals surface area (Å²) in [5.41, 5.74) is 2.01. The molecule has 1 atom stereocenters. The predicted molar refractivity (Wildman–Crippen MR) is 126 cm³/mol. The van der Waals surface area contributed by atoms with Crippen molar-refractivity contribution in [2.24, 2.45) is 0 Å². The zero-order valence-corrected chi connectivity index (χ0v) is 18.3. The molecule has 0 saturated carbocycles. The monoisotopic (exact) mass is 445 g/mol. The molecule has 0 aliphatic rings. The maximum atomic E-state index is 12.8. The molecule has 162 valence electrons. The average molecular weight is 446 g/mol. The van der Waals surface area contributed by atoms with Crippen molar-refractivity contribution in [3.8, 4) is 0 Å². The van der Waals surface area contributed by atoms with Gasteiger partial charge in [-0.1, -0.05) is 48.5 Å². The molecule has 1 aromatic heterocycles. The molecule has 1 heterocycles. The highest BCUT2D eigenvalue weighted by atomic mass is 32.2. The van der Waals surface area contributed by atoms with E-state index in [0.717, 1.165) is 22.0 Å². The van der Waals surface area contributed by atoms with Crippen LogP contribution in [0.1, 0.15) is 24.2 Å². The normalized spacial score (nSPS) is 12.3. The Morgan fingerprint density at radius 3 is 2.34 bits per heavy atom. The fourth-order valence-corrected chi connectivity index (χ4v) is 4.52. The predicted octanol–water partition coefficient (Wildman–Crippen LogP) is 4.46. The van der Waals surface area contributed by atoms with E-state index in [0.29, 0.717) is 5.69 Å². The molecule has 0 saturated heterocycles. The number of carbonyl (C=O) groups excluding carboxylic acids is 1. The number of rotatable bonds is 7. The highest BCUT2D eigenvalue weighted by molar-refractivity contribution is 7.92. The zero-order chi connectivity index (χ0) is 22.6. The Kier molecular flexibility index (Phi) is 6.18. The number of fused-ring (bicyclic) bond motifs is 1. The van der Waals surface area contributed by atoms with Gasteiger partial charge in [0.1, 0.15) is 0 Å². The van der Waals surface area contributed by atoms with Crippen molar-refractivity contribution < 1.29 is 13.2 Å². The first-order valence-electron chi connectivity index (χ1n) is 10.2. The molecule has 0 aliphatic carbocycles. The van der Waals surface area contributed by atoms with E-state index in [2.05, 4.69) is 15.0 Å². The van der Waals surface area contributed by atoms with Gasteiger partial charge in [-0.2, -0.15) is 0 Å². The quantitative estimate of drug-likeness (QED) is 0.440. The molecule has 1 amide bonds. The molecule has 7 heteroatoms. The zero-order valence-electron chi connectivity index (χ0n) is 17.5. The summed E-state index contributed by atoms with van der Waals surface area (Å²) >= 11 is 0. The van der Waals surface area contributed by atoms with Gasteiger partial charge in [-0.25, -0.2) is 8.42 Å². The van der Waals surface area contributed by atoms with Crippen molar-refractivity contribution in [3.63, 3.8) is 0 Å². The molecule has 6 nitrogen and oxygen atoms in total. The van der Waals surface area contributed by atoms with Gasteiger partial charge >= 0.3 is 0 Å². The number of nitrogens with one attached hydrogen (secondary N) is 2. The molecule has 2 N–H and O–H groups in total. The summed E-state index contributed by atoms with van der Waals surface area (Å²) < 4.78 is 28.2. The lowest BCUT2D eigenvalue weighted by Crippen LogP contribution is -2.28. The first-order valence-corrected chi connectivity index (χ1v) is 11.7. The fourth-order valence-electron chi connectivity index (χ4n) is 3.42. The van der Waals surface area contributed by atoms with Crippen LogP contribution in [0.5, 0.6) is 0 Å². The smallest absolute Gasteiger partial charge is 0.261 e. The third kappa shape index (κ3) is 5.12. The van der Waals surface area contributed by atoms with Gasteiger partial charge < -0.3 is 5.32 Å². The minimum atomic E-state index is -3.72. The van der Waals surface area contributed by atoms with Crippen LogP contribution in [0.2, 0.25) is 0 Å². The average Bonchev–Trinajstić information content (AvgIpc) is 2.80. The lowest BCUT2D eigenvalue weighted by atomic mass is 10.1. The van der Waals surface area contributed by atoms with Crippen molar-refractivity contribution in [1.82, 2.24) is 10.3 Å². The Morgan fingerprint density at radius 2 is 1.62 bits per heavy atom. The highest BCUT2D eigenvalue weighted by Gasteiger charge is 2.15. The maximum absolute atomic E-state index is 12.8. The number of sulfonamides is 1. The summed E-state index contributed by atoms with van der Waals surface area (Å²) in [5, 5.41) is 4.76. The van der Waals surface area contributed by atoms with Crippen LogP contribution in [-0.4, -0.2) is 19.3 Å². The van der Waals surface area contributed by atoms with Crippen LogP contribution in [0.4, 0.5) is 5.69 Å². The third-order valence-corrected chi connectivity index (χ3v) is 6.49. The summed E-state index contributed by atoms with van der Waals surface area (Å²) in [4.78, 5) is 16.8. The largest absolute Gasteiger partial charge is 0.348 e. The molecule has 0 radical (unpaired) electrons. The van der Waals surface area contributed by atoms with Crippen molar-refractivity contribution in [1.29, 1.82) is 0 Å². The van der Waals surface area contributed by atoms with Gasteiger partial charge in [0.2, 0.25) is 5.91 Å². The van der Waals surface area contributed by atoms with E-state index in [1.165, 1.54) is 0 Å². The number of benzene rings is 3. The van der Waals surface area contributed by atoms with E-state index in [1.54, 1.807) is 48.7 Å². The van der Waals surface area contributed by atoms with Gasteiger partial charge in [-0.15, -0.1) is 0 Å². The summed E-state index contributed by atoms with van der Waals surface area (Å²) in [7, 11) is -3.72. The Bertz CT molecular complexity index is 1340. The Balaban J connectivity index is 1.40. The first-order chi connectivity index (χ1) is 15.4. The van der Waals surface area contributed by atoms with E-state index < -0.39 is 10.0 Å². The van der Waals surface area contributed by atoms with E-state index >= 15 is 0 Å². The van der Waals surface area contributed by atoms with Crippen molar-refractivity contribution >= 4 is 32.4 Å². The molecule has 0 spiro atoms. The minimum absolute atomic E-state index is 0.132. The van der Waals surface area contributed by atoms with E-state index in [4.69, 9.17) is 0 Å². The molecule has 0 unspecified atom stereocenters. The van der Waals surface area contributed by atoms with Crippen LogP contribution in [0.25, 0.3) is 10.8 Å². The molecule has 4 aromatic rings. The SMILES string of the molecule is C[C@@H](NC(=O)Cc1ccc(NS(=O)(=O)c2ccc3ccccc3c2)cc1)c1ccccn1. The summed E-state index contributed by atoms with van der Waals surface area (Å²) in [6, 6.07) is 24.8. The van der Waals surface area contributed by atoms with Crippen LogP contribution >= 0.6 is 0 Å². The first kappa shape index (κ1) is 21.5. The minimum Gasteiger partial charge on any atom is -0.348 e. The topological polar surface area (TPSA) is 88.2 Å². The lowest BCUT2D eigenvalue weighted by molar-refractivity contribution is -0.121. The van der Waals surface area contributed by atoms with E-state index in [1.807, 2.05) is 49.4 Å². The number of nitrogens with zero attached hydrogens (tertiary/aromatic N) is 1. The van der Waals surface area contributed by atoms with Gasteiger partial charge in [-0.05, 0) is 59.7 Å². The van der Waals surface area contributed by atoms with Crippen molar-refractivity contribution in [2.45, 2.75) is 24.3 Å². The van der Waals surface area contributed by atoms with Gasteiger partial charge in [0.05, 0.1) is 23.1 Å². The highest BCUT2D eigenvalue weighted by Crippen LogP contribution is 2.22. The van der Waals surface area contributed by atoms with E-state index in [9.17, 15) is 13.2 Å².